The van der Waals surface area contributed by atoms with Gasteiger partial charge in [-0.25, -0.2) is 0 Å². The maximum atomic E-state index is 12.7. The molecule has 1 aliphatic heterocycles. The monoisotopic (exact) mass is 486 g/mol. The number of likely N-dealkylation sites (tertiary alicyclic amines) is 1. The van der Waals surface area contributed by atoms with Gasteiger partial charge in [0.2, 0.25) is 0 Å². The van der Waals surface area contributed by atoms with Crippen molar-refractivity contribution >= 4 is 39.8 Å². The van der Waals surface area contributed by atoms with Gasteiger partial charge in [0.05, 0.1) is 24.8 Å². The fourth-order valence-electron chi connectivity index (χ4n) is 4.32. The highest BCUT2D eigenvalue weighted by Crippen LogP contribution is 2.42. The molecule has 4 rings (SSSR count). The van der Waals surface area contributed by atoms with Crippen LogP contribution < -0.4 is 5.32 Å². The van der Waals surface area contributed by atoms with Gasteiger partial charge in [-0.2, -0.15) is 0 Å². The topological polar surface area (TPSA) is 71.8 Å². The zero-order chi connectivity index (χ0) is 23.4. The quantitative estimate of drug-likeness (QED) is 0.420. The number of rotatable bonds is 7. The van der Waals surface area contributed by atoms with Crippen LogP contribution in [0.4, 0.5) is 5.00 Å². The summed E-state index contributed by atoms with van der Waals surface area (Å²) in [5.74, 6) is -0.238. The Hall–Kier alpha value is -2.61. The first kappa shape index (κ1) is 23.5. The van der Waals surface area contributed by atoms with Gasteiger partial charge in [0.15, 0.2) is 5.76 Å². The van der Waals surface area contributed by atoms with Gasteiger partial charge in [-0.15, -0.1) is 11.3 Å². The van der Waals surface area contributed by atoms with Crippen molar-refractivity contribution in [1.29, 1.82) is 0 Å². The fourth-order valence-corrected chi connectivity index (χ4v) is 5.50. The first-order chi connectivity index (χ1) is 16.0. The van der Waals surface area contributed by atoms with Gasteiger partial charge in [-0.05, 0) is 69.6 Å². The number of thiophene rings is 1. The van der Waals surface area contributed by atoms with Crippen molar-refractivity contribution in [2.24, 2.45) is 5.92 Å². The van der Waals surface area contributed by atoms with Crippen molar-refractivity contribution in [1.82, 2.24) is 4.90 Å². The molecule has 0 spiro atoms. The summed E-state index contributed by atoms with van der Waals surface area (Å²) in [5.41, 5.74) is 1.96. The van der Waals surface area contributed by atoms with E-state index in [1.54, 1.807) is 12.1 Å². The molecule has 1 N–H and O–H groups in total. The zero-order valence-electron chi connectivity index (χ0n) is 18.7. The Bertz CT molecular complexity index is 1100. The van der Waals surface area contributed by atoms with Gasteiger partial charge in [0.25, 0.3) is 5.91 Å². The highest BCUT2D eigenvalue weighted by Gasteiger charge is 2.33. The lowest BCUT2D eigenvalue weighted by molar-refractivity contribution is -0.149. The second kappa shape index (κ2) is 10.5. The van der Waals surface area contributed by atoms with Gasteiger partial charge in [0.1, 0.15) is 5.00 Å². The van der Waals surface area contributed by atoms with Crippen LogP contribution in [0.15, 0.2) is 53.1 Å². The van der Waals surface area contributed by atoms with E-state index in [2.05, 4.69) is 16.3 Å². The third kappa shape index (κ3) is 5.32. The van der Waals surface area contributed by atoms with Crippen LogP contribution in [0.5, 0.6) is 0 Å². The number of halogens is 1. The van der Waals surface area contributed by atoms with E-state index in [4.69, 9.17) is 20.8 Å². The Morgan fingerprint density at radius 3 is 2.64 bits per heavy atom. The number of aryl methyl sites for hydroxylation is 1. The molecule has 3 heterocycles. The van der Waals surface area contributed by atoms with Gasteiger partial charge in [0, 0.05) is 15.5 Å². The Morgan fingerprint density at radius 1 is 1.21 bits per heavy atom. The molecule has 0 bridgehead atoms. The Balaban J connectivity index is 1.65. The minimum atomic E-state index is -0.290. The normalized spacial score (nSPS) is 15.8. The Labute approximate surface area is 202 Å². The van der Waals surface area contributed by atoms with E-state index in [-0.39, 0.29) is 29.6 Å². The fraction of sp³-hybridized carbons (Fsp3) is 0.360. The molecule has 1 aliphatic rings. The molecule has 0 saturated carbocycles. The number of furan rings is 1. The molecule has 1 saturated heterocycles. The van der Waals surface area contributed by atoms with Crippen LogP contribution in [0, 0.1) is 12.8 Å². The molecule has 1 amide bonds. The van der Waals surface area contributed by atoms with E-state index >= 15 is 0 Å². The van der Waals surface area contributed by atoms with Gasteiger partial charge >= 0.3 is 5.97 Å². The summed E-state index contributed by atoms with van der Waals surface area (Å²) in [4.78, 5) is 28.4. The first-order valence-corrected chi connectivity index (χ1v) is 12.3. The molecule has 33 heavy (non-hydrogen) atoms. The molecule has 0 aliphatic carbocycles. The highest BCUT2D eigenvalue weighted by atomic mass is 35.5. The molecular weight excluding hydrogens is 460 g/mol. The van der Waals surface area contributed by atoms with Crippen LogP contribution in [-0.4, -0.2) is 36.5 Å². The molecule has 1 fully saturated rings. The van der Waals surface area contributed by atoms with Gasteiger partial charge in [-0.3, -0.25) is 14.5 Å². The van der Waals surface area contributed by atoms with Crippen molar-refractivity contribution in [3.8, 4) is 0 Å². The summed E-state index contributed by atoms with van der Waals surface area (Å²) in [6, 6.07) is 13.1. The minimum Gasteiger partial charge on any atom is -0.466 e. The minimum absolute atomic E-state index is 0.0876. The molecule has 1 unspecified atom stereocenters. The van der Waals surface area contributed by atoms with Crippen LogP contribution in [0.2, 0.25) is 5.02 Å². The van der Waals surface area contributed by atoms with E-state index in [0.717, 1.165) is 46.9 Å². The molecule has 2 aromatic heterocycles. The summed E-state index contributed by atoms with van der Waals surface area (Å²) in [5, 5.41) is 4.47. The lowest BCUT2D eigenvalue weighted by atomic mass is 9.91. The average molecular weight is 487 g/mol. The van der Waals surface area contributed by atoms with E-state index in [9.17, 15) is 9.59 Å². The number of hydrogen-bond donors (Lipinski definition) is 1. The summed E-state index contributed by atoms with van der Waals surface area (Å²) in [6.45, 7) is 5.69. The largest absolute Gasteiger partial charge is 0.466 e. The van der Waals surface area contributed by atoms with Gasteiger partial charge < -0.3 is 14.5 Å². The predicted octanol–water partition coefficient (Wildman–Crippen LogP) is 5.92. The summed E-state index contributed by atoms with van der Waals surface area (Å²) >= 11 is 8.18. The number of amides is 1. The van der Waals surface area contributed by atoms with E-state index in [0.29, 0.717) is 11.6 Å². The molecule has 174 valence electrons. The first-order valence-electron chi connectivity index (χ1n) is 11.1. The van der Waals surface area contributed by atoms with Crippen molar-refractivity contribution < 1.29 is 18.7 Å². The van der Waals surface area contributed by atoms with Crippen molar-refractivity contribution in [3.63, 3.8) is 0 Å². The Morgan fingerprint density at radius 2 is 1.97 bits per heavy atom. The van der Waals surface area contributed by atoms with Crippen molar-refractivity contribution in [2.75, 3.05) is 25.0 Å². The smallest absolute Gasteiger partial charge is 0.309 e. The summed E-state index contributed by atoms with van der Waals surface area (Å²) in [7, 11) is 0. The molecule has 1 atom stereocenters. The number of carbonyl (C=O) groups excluding carboxylic acids is 2. The average Bonchev–Trinajstić information content (AvgIpc) is 3.46. The standard InChI is InChI=1S/C25H27ClN2O4S/c1-3-31-25(30)17-10-12-28(13-11-17)22(18-7-4-5-8-20(18)26)19-15-16(2)33-24(19)27-23(29)21-9-6-14-32-21/h4-9,14-15,17,22H,3,10-13H2,1-2H3,(H,27,29). The third-order valence-corrected chi connectivity index (χ3v) is 7.19. The number of benzene rings is 1. The van der Waals surface area contributed by atoms with Crippen LogP contribution in [0.1, 0.15) is 52.4 Å². The lowest BCUT2D eigenvalue weighted by Crippen LogP contribution is -2.39. The second-order valence-electron chi connectivity index (χ2n) is 8.06. The number of piperidine rings is 1. The number of nitrogens with zero attached hydrogens (tertiary/aromatic N) is 1. The highest BCUT2D eigenvalue weighted by molar-refractivity contribution is 7.16. The zero-order valence-corrected chi connectivity index (χ0v) is 20.2. The van der Waals surface area contributed by atoms with Crippen LogP contribution in [0.3, 0.4) is 0 Å². The molecule has 1 aromatic carbocycles. The number of ether oxygens (including phenoxy) is 1. The van der Waals surface area contributed by atoms with Crippen LogP contribution >= 0.6 is 22.9 Å². The van der Waals surface area contributed by atoms with E-state index < -0.39 is 0 Å². The SMILES string of the molecule is CCOC(=O)C1CCN(C(c2ccccc2Cl)c2cc(C)sc2NC(=O)c2ccco2)CC1. The molecule has 6 nitrogen and oxygen atoms in total. The van der Waals surface area contributed by atoms with E-state index in [1.165, 1.54) is 17.6 Å². The predicted molar refractivity (Wildman–Crippen MR) is 130 cm³/mol. The van der Waals surface area contributed by atoms with Crippen molar-refractivity contribution in [3.05, 3.63) is 75.5 Å². The second-order valence-corrected chi connectivity index (χ2v) is 9.72. The third-order valence-electron chi connectivity index (χ3n) is 5.87. The molecule has 0 radical (unpaired) electrons. The Kier molecular flexibility index (Phi) is 7.53. The van der Waals surface area contributed by atoms with Gasteiger partial charge in [-0.1, -0.05) is 29.8 Å². The lowest BCUT2D eigenvalue weighted by Gasteiger charge is -2.37. The molecular formula is C25H27ClN2O4S. The molecule has 3 aromatic rings. The number of hydrogen-bond acceptors (Lipinski definition) is 6. The molecule has 8 heteroatoms. The van der Waals surface area contributed by atoms with Crippen molar-refractivity contribution in [2.45, 2.75) is 32.7 Å². The summed E-state index contributed by atoms with van der Waals surface area (Å²) in [6.07, 6.45) is 2.92. The summed E-state index contributed by atoms with van der Waals surface area (Å²) < 4.78 is 10.5. The maximum absolute atomic E-state index is 12.7. The number of nitrogens with one attached hydrogen (secondary N) is 1. The van der Waals surface area contributed by atoms with E-state index in [1.807, 2.05) is 38.1 Å². The number of anilines is 1. The van der Waals surface area contributed by atoms with Crippen LogP contribution in [-0.2, 0) is 9.53 Å². The number of esters is 1. The van der Waals surface area contributed by atoms with Crippen LogP contribution in [0.25, 0.3) is 0 Å². The maximum Gasteiger partial charge on any atom is 0.309 e. The number of carbonyl (C=O) groups is 2.